The van der Waals surface area contributed by atoms with Crippen molar-refractivity contribution in [3.63, 3.8) is 0 Å². The van der Waals surface area contributed by atoms with Gasteiger partial charge in [-0.2, -0.15) is 0 Å². The normalized spacial score (nSPS) is 11.7. The Hall–Kier alpha value is -2.34. The predicted molar refractivity (Wildman–Crippen MR) is 116 cm³/mol. The fraction of sp³-hybridized carbons (Fsp3) is 0.435. The van der Waals surface area contributed by atoms with Crippen LogP contribution in [0.5, 0.6) is 5.75 Å². The van der Waals surface area contributed by atoms with Crippen molar-refractivity contribution in [3.05, 3.63) is 59.4 Å². The zero-order chi connectivity index (χ0) is 21.1. The summed E-state index contributed by atoms with van der Waals surface area (Å²) in [6, 6.07) is 11.8. The molecule has 1 atom stereocenters. The van der Waals surface area contributed by atoms with Crippen LogP contribution in [0.2, 0.25) is 0 Å². The number of carbonyl (C=O) groups excluding carboxylic acids is 2. The predicted octanol–water partition coefficient (Wildman–Crippen LogP) is 4.41. The van der Waals surface area contributed by atoms with E-state index in [1.165, 1.54) is 5.56 Å². The molecule has 1 aromatic heterocycles. The minimum Gasteiger partial charge on any atom is -0.493 e. The van der Waals surface area contributed by atoms with Gasteiger partial charge in [0.2, 0.25) is 0 Å². The quantitative estimate of drug-likeness (QED) is 0.507. The van der Waals surface area contributed by atoms with Crippen molar-refractivity contribution in [2.75, 3.05) is 13.2 Å². The number of hydrogen-bond acceptors (Lipinski definition) is 6. The largest absolute Gasteiger partial charge is 0.493 e. The van der Waals surface area contributed by atoms with Gasteiger partial charge in [-0.25, -0.2) is 0 Å². The van der Waals surface area contributed by atoms with Crippen LogP contribution in [0.1, 0.15) is 44.0 Å². The minimum atomic E-state index is -0.522. The van der Waals surface area contributed by atoms with Gasteiger partial charge in [-0.15, -0.1) is 0 Å². The van der Waals surface area contributed by atoms with Crippen LogP contribution in [0, 0.1) is 0 Å². The molecule has 1 heterocycles. The van der Waals surface area contributed by atoms with Crippen molar-refractivity contribution in [2.45, 2.75) is 51.7 Å². The second-order valence-electron chi connectivity index (χ2n) is 6.54. The van der Waals surface area contributed by atoms with Gasteiger partial charge in [-0.05, 0) is 49.1 Å². The van der Waals surface area contributed by atoms with Crippen LogP contribution in [0.15, 0.2) is 42.6 Å². The highest BCUT2D eigenvalue weighted by Gasteiger charge is 2.23. The Labute approximate surface area is 177 Å². The number of rotatable bonds is 11. The van der Waals surface area contributed by atoms with E-state index in [-0.39, 0.29) is 11.1 Å². The number of aromatic nitrogens is 1. The Morgan fingerprint density at radius 2 is 1.76 bits per heavy atom. The Morgan fingerprint density at radius 1 is 1.03 bits per heavy atom. The molecule has 2 aromatic rings. The van der Waals surface area contributed by atoms with E-state index in [2.05, 4.69) is 18.0 Å². The maximum absolute atomic E-state index is 12.2. The van der Waals surface area contributed by atoms with Crippen molar-refractivity contribution < 1.29 is 19.1 Å². The van der Waals surface area contributed by atoms with Gasteiger partial charge >= 0.3 is 5.97 Å². The van der Waals surface area contributed by atoms with Crippen molar-refractivity contribution in [1.29, 1.82) is 0 Å². The molecule has 156 valence electrons. The third-order valence-electron chi connectivity index (χ3n) is 4.38. The Morgan fingerprint density at radius 3 is 2.34 bits per heavy atom. The second kappa shape index (κ2) is 12.3. The average molecular weight is 416 g/mol. The molecule has 6 heteroatoms. The Bertz CT molecular complexity index is 774. The molecule has 0 aliphatic rings. The highest BCUT2D eigenvalue weighted by atomic mass is 32.2. The number of aryl methyl sites for hydroxylation is 1. The number of nitrogens with zero attached hydrogens (tertiary/aromatic N) is 1. The highest BCUT2D eigenvalue weighted by molar-refractivity contribution is 8.14. The van der Waals surface area contributed by atoms with Gasteiger partial charge in [0.15, 0.2) is 5.12 Å². The molecule has 29 heavy (non-hydrogen) atoms. The molecular weight excluding hydrogens is 386 g/mol. The second-order valence-corrected chi connectivity index (χ2v) is 7.80. The maximum Gasteiger partial charge on any atom is 0.319 e. The fourth-order valence-corrected chi connectivity index (χ4v) is 3.60. The molecule has 0 aliphatic carbocycles. The Kier molecular flexibility index (Phi) is 9.71. The van der Waals surface area contributed by atoms with Gasteiger partial charge in [0.1, 0.15) is 11.0 Å². The third-order valence-corrected chi connectivity index (χ3v) is 5.57. The summed E-state index contributed by atoms with van der Waals surface area (Å²) in [5, 5.41) is -0.532. The van der Waals surface area contributed by atoms with Crippen LogP contribution in [0.25, 0.3) is 0 Å². The molecule has 1 unspecified atom stereocenters. The lowest BCUT2D eigenvalue weighted by molar-refractivity contribution is -0.142. The zero-order valence-corrected chi connectivity index (χ0v) is 18.2. The zero-order valence-electron chi connectivity index (χ0n) is 17.3. The van der Waals surface area contributed by atoms with Gasteiger partial charge in [-0.1, -0.05) is 43.8 Å². The van der Waals surface area contributed by atoms with E-state index in [1.807, 2.05) is 36.5 Å². The van der Waals surface area contributed by atoms with Gasteiger partial charge in [0, 0.05) is 24.7 Å². The fourth-order valence-electron chi connectivity index (χ4n) is 2.67. The molecule has 5 nitrogen and oxygen atoms in total. The van der Waals surface area contributed by atoms with E-state index in [4.69, 9.17) is 9.47 Å². The van der Waals surface area contributed by atoms with E-state index in [9.17, 15) is 9.59 Å². The summed E-state index contributed by atoms with van der Waals surface area (Å²) < 4.78 is 10.9. The first-order valence-electron chi connectivity index (χ1n) is 10.1. The lowest BCUT2D eigenvalue weighted by Gasteiger charge is -2.14. The van der Waals surface area contributed by atoms with Crippen molar-refractivity contribution in [2.24, 2.45) is 0 Å². The molecule has 0 N–H and O–H groups in total. The van der Waals surface area contributed by atoms with Crippen LogP contribution in [0.4, 0.5) is 0 Å². The summed E-state index contributed by atoms with van der Waals surface area (Å²) in [7, 11) is 0. The van der Waals surface area contributed by atoms with Crippen LogP contribution >= 0.6 is 11.8 Å². The number of thioether (sulfide) groups is 1. The smallest absolute Gasteiger partial charge is 0.319 e. The van der Waals surface area contributed by atoms with Crippen molar-refractivity contribution in [1.82, 2.24) is 4.98 Å². The maximum atomic E-state index is 12.2. The molecule has 0 fully saturated rings. The van der Waals surface area contributed by atoms with Gasteiger partial charge in [0.25, 0.3) is 0 Å². The van der Waals surface area contributed by atoms with Gasteiger partial charge in [-0.3, -0.25) is 14.6 Å². The average Bonchev–Trinajstić information content (AvgIpc) is 2.75. The first-order valence-corrected chi connectivity index (χ1v) is 10.9. The van der Waals surface area contributed by atoms with E-state index in [0.29, 0.717) is 26.1 Å². The number of hydrogen-bond donors (Lipinski definition) is 0. The van der Waals surface area contributed by atoms with Gasteiger partial charge in [0.05, 0.1) is 13.2 Å². The van der Waals surface area contributed by atoms with E-state index >= 15 is 0 Å². The molecule has 0 aliphatic heterocycles. The molecule has 0 amide bonds. The Balaban J connectivity index is 1.88. The number of carbonyl (C=O) groups is 2. The van der Waals surface area contributed by atoms with E-state index < -0.39 is 5.25 Å². The summed E-state index contributed by atoms with van der Waals surface area (Å²) in [6.07, 6.45) is 4.47. The minimum absolute atomic E-state index is 0.0106. The number of esters is 1. The van der Waals surface area contributed by atoms with E-state index in [0.717, 1.165) is 41.6 Å². The molecule has 0 radical (unpaired) electrons. The summed E-state index contributed by atoms with van der Waals surface area (Å²) in [6.45, 7) is 6.51. The van der Waals surface area contributed by atoms with Crippen LogP contribution in [-0.2, 0) is 33.6 Å². The number of benzene rings is 1. The lowest BCUT2D eigenvalue weighted by atomic mass is 10.1. The molecule has 2 rings (SSSR count). The third kappa shape index (κ3) is 7.89. The summed E-state index contributed by atoms with van der Waals surface area (Å²) in [5.41, 5.74) is 3.20. The van der Waals surface area contributed by atoms with Crippen LogP contribution < -0.4 is 4.74 Å². The number of pyridine rings is 1. The van der Waals surface area contributed by atoms with E-state index in [1.54, 1.807) is 13.8 Å². The molecule has 0 saturated heterocycles. The SMILES string of the molecule is CCOC(=O)C(Cc1ccc(OCCc2ccc(CC)cn2)cc1)SC(=O)CC. The monoisotopic (exact) mass is 415 g/mol. The highest BCUT2D eigenvalue weighted by Crippen LogP contribution is 2.22. The topological polar surface area (TPSA) is 65.5 Å². The molecule has 1 aromatic carbocycles. The van der Waals surface area contributed by atoms with Crippen LogP contribution in [-0.4, -0.2) is 34.5 Å². The molecule has 0 bridgehead atoms. The lowest BCUT2D eigenvalue weighted by Crippen LogP contribution is -2.24. The summed E-state index contributed by atoms with van der Waals surface area (Å²) in [4.78, 5) is 28.4. The van der Waals surface area contributed by atoms with Gasteiger partial charge < -0.3 is 9.47 Å². The molecular formula is C23H29NO4S. The molecule has 0 spiro atoms. The van der Waals surface area contributed by atoms with Crippen LogP contribution in [0.3, 0.4) is 0 Å². The first kappa shape index (κ1) is 22.9. The summed E-state index contributed by atoms with van der Waals surface area (Å²) in [5.74, 6) is 0.421. The number of ether oxygens (including phenoxy) is 2. The molecule has 0 saturated carbocycles. The summed E-state index contributed by atoms with van der Waals surface area (Å²) >= 11 is 1.05. The first-order chi connectivity index (χ1) is 14.0. The standard InChI is InChI=1S/C23H29NO4S/c1-4-17-7-10-19(24-16-17)13-14-28-20-11-8-18(9-12-20)15-21(23(26)27-6-3)29-22(25)5-2/h7-12,16,21H,4-6,13-15H2,1-3H3. The van der Waals surface area contributed by atoms with Crippen molar-refractivity contribution >= 4 is 22.8 Å². The van der Waals surface area contributed by atoms with Crippen molar-refractivity contribution in [3.8, 4) is 5.75 Å².